The van der Waals surface area contributed by atoms with Crippen LogP contribution in [0.5, 0.6) is 0 Å². The van der Waals surface area contributed by atoms with Crippen molar-refractivity contribution in [1.29, 1.82) is 0 Å². The van der Waals surface area contributed by atoms with Gasteiger partial charge in [-0.05, 0) is 44.2 Å². The molecular weight excluding hydrogens is 500 g/mol. The number of nitrogens with one attached hydrogen (secondary N) is 2. The van der Waals surface area contributed by atoms with E-state index in [9.17, 15) is 23.2 Å². The number of carbonyl (C=O) groups is 3. The fourth-order valence-corrected chi connectivity index (χ4v) is 4.05. The lowest BCUT2D eigenvalue weighted by Gasteiger charge is -2.15. The molecule has 1 fully saturated rings. The van der Waals surface area contributed by atoms with Crippen molar-refractivity contribution in [3.63, 3.8) is 0 Å². The first kappa shape index (κ1) is 25.1. The summed E-state index contributed by atoms with van der Waals surface area (Å²) in [6.07, 6.45) is -1.40. The molecule has 3 N–H and O–H groups in total. The van der Waals surface area contributed by atoms with Gasteiger partial charge in [-0.3, -0.25) is 14.9 Å². The van der Waals surface area contributed by atoms with Crippen LogP contribution in [0.3, 0.4) is 0 Å². The Kier molecular flexibility index (Phi) is 6.68. The second kappa shape index (κ2) is 9.57. The van der Waals surface area contributed by atoms with Crippen molar-refractivity contribution >= 4 is 40.9 Å². The van der Waals surface area contributed by atoms with Crippen LogP contribution < -0.4 is 10.6 Å². The summed E-state index contributed by atoms with van der Waals surface area (Å²) in [5.41, 5.74) is 1.90. The van der Waals surface area contributed by atoms with Crippen LogP contribution in [-0.2, 0) is 14.3 Å². The number of benzene rings is 2. The van der Waals surface area contributed by atoms with E-state index in [0.29, 0.717) is 21.8 Å². The van der Waals surface area contributed by atoms with Crippen molar-refractivity contribution in [1.82, 2.24) is 5.16 Å². The number of hydrogen-bond donors (Lipinski definition) is 3. The van der Waals surface area contributed by atoms with E-state index < -0.39 is 41.8 Å². The number of aromatic nitrogens is 1. The minimum atomic E-state index is -3.59. The van der Waals surface area contributed by atoms with Gasteiger partial charge in [0.05, 0.1) is 0 Å². The maximum atomic E-state index is 13.6. The number of carboxylic acid groups (broad SMARTS) is 1. The van der Waals surface area contributed by atoms with Crippen molar-refractivity contribution < 1.29 is 37.5 Å². The van der Waals surface area contributed by atoms with Gasteiger partial charge in [-0.1, -0.05) is 35.0 Å². The molecule has 188 valence electrons. The van der Waals surface area contributed by atoms with E-state index in [4.69, 9.17) is 26.0 Å². The van der Waals surface area contributed by atoms with E-state index in [-0.39, 0.29) is 17.1 Å². The zero-order chi connectivity index (χ0) is 26.2. The zero-order valence-corrected chi connectivity index (χ0v) is 19.7. The second-order valence-electron chi connectivity index (χ2n) is 8.20. The van der Waals surface area contributed by atoms with Gasteiger partial charge >= 0.3 is 12.1 Å². The highest BCUT2D eigenvalue weighted by atomic mass is 35.5. The summed E-state index contributed by atoms with van der Waals surface area (Å²) in [6.45, 7) is 3.29. The van der Waals surface area contributed by atoms with Crippen LogP contribution in [-0.4, -0.2) is 34.2 Å². The van der Waals surface area contributed by atoms with Crippen molar-refractivity contribution in [2.75, 3.05) is 10.6 Å². The number of carboxylic acids is 1. The van der Waals surface area contributed by atoms with Gasteiger partial charge in [-0.15, -0.1) is 0 Å². The van der Waals surface area contributed by atoms with Gasteiger partial charge in [0, 0.05) is 21.8 Å². The Balaban J connectivity index is 1.43. The molecule has 0 saturated heterocycles. The van der Waals surface area contributed by atoms with Gasteiger partial charge in [0.15, 0.2) is 5.76 Å². The molecule has 9 nitrogen and oxygen atoms in total. The normalized spacial score (nSPS) is 18.7. The summed E-state index contributed by atoms with van der Waals surface area (Å²) in [7, 11) is 0. The Morgan fingerprint density at radius 1 is 1.11 bits per heavy atom. The summed E-state index contributed by atoms with van der Waals surface area (Å²) >= 11 is 6.15. The second-order valence-corrected chi connectivity index (χ2v) is 8.61. The summed E-state index contributed by atoms with van der Waals surface area (Å²) in [4.78, 5) is 35.5. The van der Waals surface area contributed by atoms with Crippen LogP contribution in [0.1, 0.15) is 24.3 Å². The number of aliphatic carboxylic acids is 1. The van der Waals surface area contributed by atoms with E-state index in [0.717, 1.165) is 0 Å². The molecule has 1 heterocycles. The maximum Gasteiger partial charge on any atom is 0.412 e. The predicted molar refractivity (Wildman–Crippen MR) is 125 cm³/mol. The summed E-state index contributed by atoms with van der Waals surface area (Å²) in [5, 5.41) is 18.0. The zero-order valence-electron chi connectivity index (χ0n) is 18.9. The average molecular weight is 520 g/mol. The number of rotatable bonds is 7. The van der Waals surface area contributed by atoms with Crippen LogP contribution in [0.4, 0.5) is 25.0 Å². The lowest BCUT2D eigenvalue weighted by molar-refractivity contribution is -0.141. The number of anilines is 2. The lowest BCUT2D eigenvalue weighted by atomic mass is 10.1. The van der Waals surface area contributed by atoms with Crippen LogP contribution >= 0.6 is 11.6 Å². The third kappa shape index (κ3) is 4.87. The Labute approximate surface area is 208 Å². The minimum absolute atomic E-state index is 0.175. The Morgan fingerprint density at radius 2 is 1.78 bits per heavy atom. The lowest BCUT2D eigenvalue weighted by Crippen LogP contribution is -2.18. The largest absolute Gasteiger partial charge is 0.481 e. The van der Waals surface area contributed by atoms with Crippen molar-refractivity contribution in [3.8, 4) is 11.3 Å². The molecule has 2 unspecified atom stereocenters. The van der Waals surface area contributed by atoms with Crippen LogP contribution in [0, 0.1) is 18.8 Å². The van der Waals surface area contributed by atoms with Gasteiger partial charge in [-0.2, -0.15) is 0 Å². The van der Waals surface area contributed by atoms with Gasteiger partial charge in [0.1, 0.15) is 29.3 Å². The summed E-state index contributed by atoms with van der Waals surface area (Å²) < 4.78 is 37.9. The van der Waals surface area contributed by atoms with Crippen LogP contribution in [0.25, 0.3) is 11.3 Å². The molecule has 2 amide bonds. The highest BCUT2D eigenvalue weighted by molar-refractivity contribution is 6.31. The van der Waals surface area contributed by atoms with E-state index in [1.807, 2.05) is 0 Å². The molecule has 0 aliphatic heterocycles. The number of nitrogens with zero attached hydrogens (tertiary/aromatic N) is 1. The SMILES string of the molecule is Cc1noc(-c2ccc(NC(=O)C3C(C(=O)O)C3(F)F)cc2)c1NC(=O)O[C@H](C)c1ccccc1Cl. The smallest absolute Gasteiger partial charge is 0.412 e. The molecule has 1 aromatic heterocycles. The molecular formula is C24H20ClF2N3O6. The molecule has 1 aliphatic rings. The molecule has 0 bridgehead atoms. The van der Waals surface area contributed by atoms with E-state index in [2.05, 4.69) is 15.8 Å². The fraction of sp³-hybridized carbons (Fsp3) is 0.250. The molecule has 36 heavy (non-hydrogen) atoms. The number of alkyl halides is 2. The molecule has 1 aliphatic carbocycles. The van der Waals surface area contributed by atoms with E-state index in [1.54, 1.807) is 38.1 Å². The molecule has 2 aromatic carbocycles. The quantitative estimate of drug-likeness (QED) is 0.374. The van der Waals surface area contributed by atoms with Gasteiger partial charge < -0.3 is 19.7 Å². The number of ether oxygens (including phenoxy) is 1. The number of halogens is 3. The Bertz CT molecular complexity index is 1330. The summed E-state index contributed by atoms with van der Waals surface area (Å²) in [5.74, 6) is -10.2. The van der Waals surface area contributed by atoms with Crippen molar-refractivity contribution in [2.24, 2.45) is 11.8 Å². The number of amides is 2. The molecule has 3 aromatic rings. The average Bonchev–Trinajstić information content (AvgIpc) is 3.25. The van der Waals surface area contributed by atoms with Crippen molar-refractivity contribution in [3.05, 3.63) is 64.8 Å². The molecule has 1 saturated carbocycles. The first-order valence-electron chi connectivity index (χ1n) is 10.7. The molecule has 3 atom stereocenters. The predicted octanol–water partition coefficient (Wildman–Crippen LogP) is 5.52. The fourth-order valence-electron chi connectivity index (χ4n) is 3.76. The Morgan fingerprint density at radius 3 is 2.39 bits per heavy atom. The van der Waals surface area contributed by atoms with Crippen LogP contribution in [0.2, 0.25) is 5.02 Å². The third-order valence-corrected chi connectivity index (χ3v) is 6.08. The molecule has 0 radical (unpaired) electrons. The topological polar surface area (TPSA) is 131 Å². The third-order valence-electron chi connectivity index (χ3n) is 5.73. The van der Waals surface area contributed by atoms with Crippen LogP contribution in [0.15, 0.2) is 53.1 Å². The highest BCUT2D eigenvalue weighted by Gasteiger charge is 2.75. The van der Waals surface area contributed by atoms with Crippen molar-refractivity contribution in [2.45, 2.75) is 25.9 Å². The first-order valence-corrected chi connectivity index (χ1v) is 11.1. The van der Waals surface area contributed by atoms with Gasteiger partial charge in [-0.25, -0.2) is 13.6 Å². The van der Waals surface area contributed by atoms with E-state index in [1.165, 1.54) is 24.3 Å². The number of hydrogen-bond acceptors (Lipinski definition) is 6. The minimum Gasteiger partial charge on any atom is -0.481 e. The molecule has 4 rings (SSSR count). The van der Waals surface area contributed by atoms with Gasteiger partial charge in [0.2, 0.25) is 5.91 Å². The summed E-state index contributed by atoms with van der Waals surface area (Å²) in [6, 6.07) is 12.8. The number of aryl methyl sites for hydroxylation is 1. The maximum absolute atomic E-state index is 13.6. The Hall–Kier alpha value is -3.99. The first-order chi connectivity index (χ1) is 17.0. The standard InChI is InChI=1S/C24H20ClF2N3O6/c1-11-19(29-23(34)35-12(2)15-5-3-4-6-16(15)25)20(36-30-11)13-7-9-14(10-8-13)28-21(31)17-18(22(32)33)24(17,26)27/h3-10,12,17-18H,1-2H3,(H,28,31)(H,29,34)(H,32,33)/t12-,17?,18?/m1/s1. The highest BCUT2D eigenvalue weighted by Crippen LogP contribution is 2.55. The molecule has 0 spiro atoms. The van der Waals surface area contributed by atoms with Gasteiger partial charge in [0.25, 0.3) is 5.92 Å². The monoisotopic (exact) mass is 519 g/mol. The molecule has 12 heteroatoms. The number of carbonyl (C=O) groups excluding carboxylic acids is 2. The van der Waals surface area contributed by atoms with E-state index >= 15 is 0 Å².